The Labute approximate surface area is 529 Å². The fourth-order valence-corrected chi connectivity index (χ4v) is 18.0. The standard InChI is InChI=1S/3C22H22Cl3NO.CH4/c3*1-12-20-19(13-3-5-14(23)6-4-13)17(9-10-22(20,2)21(27)26-12)16-8-7-15(24)11-18(16)25;/h3*3-8,11-12,17,19-20H,9-10H2,1-2H3,(H,26,27);1H4/t3*12-,17+,19+,20+,22-;/m110./s1. The molecular weight excluding hydrogens is 1210 g/mol. The van der Waals surface area contributed by atoms with Crippen LogP contribution < -0.4 is 16.0 Å². The van der Waals surface area contributed by atoms with Crippen molar-refractivity contribution in [3.8, 4) is 0 Å². The molecule has 0 aromatic heterocycles. The molecule has 0 radical (unpaired) electrons. The minimum atomic E-state index is -0.362. The van der Waals surface area contributed by atoms with E-state index in [2.05, 4.69) is 93.9 Å². The molecule has 3 saturated heterocycles. The monoisotopic (exact) mass is 1280 g/mol. The molecule has 3 aliphatic carbocycles. The first kappa shape index (κ1) is 62.9. The summed E-state index contributed by atoms with van der Waals surface area (Å²) >= 11 is 56.6. The maximum atomic E-state index is 12.8. The first-order valence-corrected chi connectivity index (χ1v) is 31.4. The van der Waals surface area contributed by atoms with Crippen LogP contribution in [0.1, 0.15) is 156 Å². The van der Waals surface area contributed by atoms with Crippen LogP contribution in [0.2, 0.25) is 45.2 Å². The van der Waals surface area contributed by atoms with Gasteiger partial charge in [-0.2, -0.15) is 0 Å². The number of halogens is 9. The van der Waals surface area contributed by atoms with Crippen molar-refractivity contribution in [3.05, 3.63) is 206 Å². The van der Waals surface area contributed by atoms with Gasteiger partial charge in [-0.1, -0.05) is 187 Å². The average Bonchev–Trinajstić information content (AvgIpc) is 4.11. The zero-order valence-corrected chi connectivity index (χ0v) is 52.7. The van der Waals surface area contributed by atoms with E-state index in [9.17, 15) is 14.4 Å². The van der Waals surface area contributed by atoms with Crippen LogP contribution in [0.5, 0.6) is 0 Å². The van der Waals surface area contributed by atoms with Gasteiger partial charge in [-0.3, -0.25) is 14.4 Å². The first-order valence-electron chi connectivity index (χ1n) is 28.0. The molecule has 82 heavy (non-hydrogen) atoms. The van der Waals surface area contributed by atoms with Crippen molar-refractivity contribution < 1.29 is 14.4 Å². The van der Waals surface area contributed by atoms with Gasteiger partial charge in [-0.15, -0.1) is 0 Å². The van der Waals surface area contributed by atoms with E-state index in [4.69, 9.17) is 104 Å². The molecule has 6 aromatic carbocycles. The molecule has 12 rings (SSSR count). The second kappa shape index (κ2) is 25.0. The van der Waals surface area contributed by atoms with Gasteiger partial charge in [-0.25, -0.2) is 0 Å². The molecule has 15 atom stereocenters. The van der Waals surface area contributed by atoms with Crippen molar-refractivity contribution in [3.63, 3.8) is 0 Å². The number of nitrogens with one attached hydrogen (secondary N) is 3. The lowest BCUT2D eigenvalue weighted by Crippen LogP contribution is -2.42. The van der Waals surface area contributed by atoms with Crippen molar-refractivity contribution in [2.75, 3.05) is 0 Å². The van der Waals surface area contributed by atoms with Crippen molar-refractivity contribution in [2.24, 2.45) is 34.0 Å². The third kappa shape index (κ3) is 11.8. The van der Waals surface area contributed by atoms with Gasteiger partial charge < -0.3 is 16.0 Å². The number of fused-ring (bicyclic) bond motifs is 3. The van der Waals surface area contributed by atoms with Gasteiger partial charge in [0.2, 0.25) is 17.7 Å². The topological polar surface area (TPSA) is 87.3 Å². The molecule has 6 fully saturated rings. The van der Waals surface area contributed by atoms with E-state index in [-0.39, 0.29) is 113 Å². The van der Waals surface area contributed by atoms with Crippen LogP contribution in [0.15, 0.2) is 127 Å². The molecule has 6 nitrogen and oxygen atoms in total. The van der Waals surface area contributed by atoms with Gasteiger partial charge in [0.15, 0.2) is 0 Å². The second-order valence-corrected chi connectivity index (χ2v) is 28.1. The summed E-state index contributed by atoms with van der Waals surface area (Å²) in [6, 6.07) is 41.7. The Morgan fingerprint density at radius 1 is 0.354 bits per heavy atom. The molecule has 0 unspecified atom stereocenters. The summed E-state index contributed by atoms with van der Waals surface area (Å²) in [5.41, 5.74) is 5.84. The summed E-state index contributed by atoms with van der Waals surface area (Å²) < 4.78 is 0. The molecule has 3 amide bonds. The lowest BCUT2D eigenvalue weighted by Gasteiger charge is -2.46. The molecule has 6 aromatic rings. The van der Waals surface area contributed by atoms with E-state index < -0.39 is 0 Å². The Morgan fingerprint density at radius 2 is 0.573 bits per heavy atom. The smallest absolute Gasteiger partial charge is 0.226 e. The molecular formula is C67H70Cl9N3O3. The molecule has 0 spiro atoms. The van der Waals surface area contributed by atoms with Gasteiger partial charge in [-0.05, 0) is 201 Å². The van der Waals surface area contributed by atoms with E-state index in [1.807, 2.05) is 91.0 Å². The SMILES string of the molecule is C.C[C@@H]1NC(=O)[C@@]2(C)CC[C@H](c3ccc(Cl)cc3Cl)[C@@H](c3ccc(Cl)cc3)[C@@H]12.C[C@H]1NC(=O)[C@]2(C)CC[C@@H](c3ccc(Cl)cc3Cl)[C@H](c3ccc(Cl)cc3)[C@H]12.C[C@H]1NC(=O)[C@]2(C)CC[C@@H](c3ccc(Cl)cc3Cl)[C@H](c3ccc(Cl)cc3)[C@H]12. The molecule has 3 N–H and O–H groups in total. The van der Waals surface area contributed by atoms with E-state index in [0.717, 1.165) is 55.2 Å². The Morgan fingerprint density at radius 3 is 0.793 bits per heavy atom. The van der Waals surface area contributed by atoms with E-state index in [0.29, 0.717) is 45.2 Å². The molecule has 434 valence electrons. The third-order valence-electron chi connectivity index (χ3n) is 19.7. The van der Waals surface area contributed by atoms with Crippen molar-refractivity contribution in [1.29, 1.82) is 0 Å². The third-order valence-corrected chi connectivity index (χ3v) is 22.1. The highest BCUT2D eigenvalue weighted by Crippen LogP contribution is 2.62. The molecule has 3 heterocycles. The lowest BCUT2D eigenvalue weighted by molar-refractivity contribution is -0.130. The van der Waals surface area contributed by atoms with Crippen LogP contribution >= 0.6 is 104 Å². The molecule has 0 bridgehead atoms. The van der Waals surface area contributed by atoms with Crippen molar-refractivity contribution in [1.82, 2.24) is 16.0 Å². The number of benzene rings is 6. The van der Waals surface area contributed by atoms with Gasteiger partial charge in [0.25, 0.3) is 0 Å². The minimum absolute atomic E-state index is 0. The summed E-state index contributed by atoms with van der Waals surface area (Å²) in [5, 5.41) is 15.7. The summed E-state index contributed by atoms with van der Waals surface area (Å²) in [4.78, 5) is 38.3. The number of amides is 3. The quantitative estimate of drug-likeness (QED) is 0.155. The van der Waals surface area contributed by atoms with E-state index in [1.165, 1.54) is 16.7 Å². The fraction of sp³-hybridized carbons (Fsp3) is 0.418. The Hall–Kier alpha value is -3.66. The van der Waals surface area contributed by atoms with Crippen LogP contribution in [-0.4, -0.2) is 35.8 Å². The predicted octanol–water partition coefficient (Wildman–Crippen LogP) is 20.0. The van der Waals surface area contributed by atoms with Gasteiger partial charge in [0.1, 0.15) is 0 Å². The Balaban J connectivity index is 0.000000147. The van der Waals surface area contributed by atoms with Crippen LogP contribution in [0.4, 0.5) is 0 Å². The number of hydrogen-bond donors (Lipinski definition) is 3. The maximum absolute atomic E-state index is 12.8. The van der Waals surface area contributed by atoms with E-state index >= 15 is 0 Å². The van der Waals surface area contributed by atoms with Crippen LogP contribution in [0, 0.1) is 34.0 Å². The van der Waals surface area contributed by atoms with Crippen molar-refractivity contribution in [2.45, 2.75) is 141 Å². The van der Waals surface area contributed by atoms with Gasteiger partial charge in [0, 0.05) is 81.1 Å². The van der Waals surface area contributed by atoms with Crippen LogP contribution in [0.3, 0.4) is 0 Å². The predicted molar refractivity (Wildman–Crippen MR) is 342 cm³/mol. The Bertz CT molecular complexity index is 2990. The molecule has 3 saturated carbocycles. The van der Waals surface area contributed by atoms with Crippen LogP contribution in [0.25, 0.3) is 0 Å². The molecule has 3 aliphatic heterocycles. The largest absolute Gasteiger partial charge is 0.353 e. The number of carbonyl (C=O) groups is 3. The minimum Gasteiger partial charge on any atom is -0.353 e. The van der Waals surface area contributed by atoms with Gasteiger partial charge >= 0.3 is 0 Å². The summed E-state index contributed by atoms with van der Waals surface area (Å²) in [7, 11) is 0. The Kier molecular flexibility index (Phi) is 19.1. The lowest BCUT2D eigenvalue weighted by atomic mass is 9.56. The average molecular weight is 1280 g/mol. The second-order valence-electron chi connectivity index (χ2n) is 24.3. The zero-order chi connectivity index (χ0) is 58.0. The highest BCUT2D eigenvalue weighted by molar-refractivity contribution is 6.36. The normalized spacial score (nSPS) is 32.5. The number of hydrogen-bond acceptors (Lipinski definition) is 3. The van der Waals surface area contributed by atoms with Crippen molar-refractivity contribution >= 4 is 122 Å². The number of rotatable bonds is 6. The highest BCUT2D eigenvalue weighted by atomic mass is 35.5. The van der Waals surface area contributed by atoms with E-state index in [1.54, 1.807) is 0 Å². The summed E-state index contributed by atoms with van der Waals surface area (Å²) in [5.74, 6) is 2.28. The highest BCUT2D eigenvalue weighted by Gasteiger charge is 2.60. The molecule has 15 heteroatoms. The molecule has 6 aliphatic rings. The zero-order valence-electron chi connectivity index (χ0n) is 45.9. The fourth-order valence-electron chi connectivity index (χ4n) is 15.9. The van der Waals surface area contributed by atoms with Gasteiger partial charge in [0.05, 0.1) is 16.2 Å². The number of carbonyl (C=O) groups excluding carboxylic acids is 3. The maximum Gasteiger partial charge on any atom is 0.226 e. The summed E-state index contributed by atoms with van der Waals surface area (Å²) in [6.07, 6.45) is 5.26. The summed E-state index contributed by atoms with van der Waals surface area (Å²) in [6.45, 7) is 12.7. The van der Waals surface area contributed by atoms with Crippen LogP contribution in [-0.2, 0) is 14.4 Å². The first-order chi connectivity index (χ1) is 38.4.